The molecule has 0 aliphatic carbocycles. The van der Waals surface area contributed by atoms with Gasteiger partial charge in [0.1, 0.15) is 6.04 Å². The van der Waals surface area contributed by atoms with E-state index in [1.54, 1.807) is 6.92 Å². The van der Waals surface area contributed by atoms with Gasteiger partial charge in [0.2, 0.25) is 5.75 Å². The SMILES string of the molecule is CCOc1c(C(=O)NC(C)C(=O)O)cccc1[N+](=O)[O-]. The zero-order chi connectivity index (χ0) is 15.3. The Bertz CT molecular complexity index is 543. The van der Waals surface area contributed by atoms with Gasteiger partial charge in [-0.25, -0.2) is 0 Å². The number of ether oxygens (including phenoxy) is 1. The van der Waals surface area contributed by atoms with Crippen molar-refractivity contribution >= 4 is 17.6 Å². The average molecular weight is 282 g/mol. The molecule has 0 fully saturated rings. The molecule has 1 atom stereocenters. The maximum atomic E-state index is 12.0. The minimum Gasteiger partial charge on any atom is -0.487 e. The van der Waals surface area contributed by atoms with Crippen LogP contribution in [-0.4, -0.2) is 34.6 Å². The lowest BCUT2D eigenvalue weighted by Gasteiger charge is -2.12. The molecule has 0 saturated heterocycles. The number of hydrogen-bond acceptors (Lipinski definition) is 5. The van der Waals surface area contributed by atoms with Gasteiger partial charge < -0.3 is 15.2 Å². The van der Waals surface area contributed by atoms with Gasteiger partial charge in [0.25, 0.3) is 5.91 Å². The van der Waals surface area contributed by atoms with E-state index in [1.165, 1.54) is 25.1 Å². The molecule has 1 amide bonds. The summed E-state index contributed by atoms with van der Waals surface area (Å²) in [5.74, 6) is -2.12. The summed E-state index contributed by atoms with van der Waals surface area (Å²) in [6.45, 7) is 3.05. The molecular weight excluding hydrogens is 268 g/mol. The summed E-state index contributed by atoms with van der Waals surface area (Å²) in [4.78, 5) is 32.9. The first-order valence-corrected chi connectivity index (χ1v) is 5.82. The highest BCUT2D eigenvalue weighted by Gasteiger charge is 2.24. The Hall–Kier alpha value is -2.64. The fourth-order valence-corrected chi connectivity index (χ4v) is 1.48. The predicted molar refractivity (Wildman–Crippen MR) is 68.8 cm³/mol. The third-order valence-corrected chi connectivity index (χ3v) is 2.44. The highest BCUT2D eigenvalue weighted by Crippen LogP contribution is 2.30. The van der Waals surface area contributed by atoms with Gasteiger partial charge in [-0.15, -0.1) is 0 Å². The van der Waals surface area contributed by atoms with E-state index in [4.69, 9.17) is 9.84 Å². The lowest BCUT2D eigenvalue weighted by Crippen LogP contribution is -2.38. The molecule has 0 radical (unpaired) electrons. The van der Waals surface area contributed by atoms with Crippen molar-refractivity contribution in [3.8, 4) is 5.75 Å². The zero-order valence-electron chi connectivity index (χ0n) is 11.0. The standard InChI is InChI=1S/C12H14N2O6/c1-3-20-10-8(5-4-6-9(10)14(18)19)11(15)13-7(2)12(16)17/h4-7H,3H2,1-2H3,(H,13,15)(H,16,17). The number of para-hydroxylation sites is 1. The first-order chi connectivity index (χ1) is 9.38. The highest BCUT2D eigenvalue weighted by atomic mass is 16.6. The van der Waals surface area contributed by atoms with E-state index in [0.29, 0.717) is 0 Å². The summed E-state index contributed by atoms with van der Waals surface area (Å²) in [6, 6.07) is 2.77. The third kappa shape index (κ3) is 3.44. The molecule has 0 bridgehead atoms. The number of hydrogen-bond donors (Lipinski definition) is 2. The van der Waals surface area contributed by atoms with Gasteiger partial charge in [0, 0.05) is 6.07 Å². The van der Waals surface area contributed by atoms with Crippen molar-refractivity contribution in [2.45, 2.75) is 19.9 Å². The lowest BCUT2D eigenvalue weighted by molar-refractivity contribution is -0.385. The zero-order valence-corrected chi connectivity index (χ0v) is 11.0. The third-order valence-electron chi connectivity index (χ3n) is 2.44. The van der Waals surface area contributed by atoms with Crippen molar-refractivity contribution in [1.82, 2.24) is 5.32 Å². The Balaban J connectivity index is 3.16. The Labute approximate surface area is 114 Å². The van der Waals surface area contributed by atoms with Gasteiger partial charge >= 0.3 is 11.7 Å². The van der Waals surface area contributed by atoms with Crippen molar-refractivity contribution in [2.24, 2.45) is 0 Å². The van der Waals surface area contributed by atoms with E-state index >= 15 is 0 Å². The summed E-state index contributed by atoms with van der Waals surface area (Å²) in [7, 11) is 0. The van der Waals surface area contributed by atoms with E-state index in [-0.39, 0.29) is 23.6 Å². The van der Waals surface area contributed by atoms with Gasteiger partial charge in [0.15, 0.2) is 0 Å². The summed E-state index contributed by atoms with van der Waals surface area (Å²) in [6.07, 6.45) is 0. The summed E-state index contributed by atoms with van der Waals surface area (Å²) in [5, 5.41) is 21.9. The minimum absolute atomic E-state index is 0.0749. The molecule has 0 aliphatic heterocycles. The second kappa shape index (κ2) is 6.50. The molecule has 8 nitrogen and oxygen atoms in total. The lowest BCUT2D eigenvalue weighted by atomic mass is 10.1. The molecule has 0 saturated carbocycles. The molecule has 0 aromatic heterocycles. The first-order valence-electron chi connectivity index (χ1n) is 5.82. The number of nitro benzene ring substituents is 1. The van der Waals surface area contributed by atoms with Crippen LogP contribution in [0.15, 0.2) is 18.2 Å². The van der Waals surface area contributed by atoms with Crippen molar-refractivity contribution in [3.05, 3.63) is 33.9 Å². The van der Waals surface area contributed by atoms with Gasteiger partial charge in [-0.3, -0.25) is 19.7 Å². The van der Waals surface area contributed by atoms with Gasteiger partial charge in [0.05, 0.1) is 17.1 Å². The number of nitro groups is 1. The van der Waals surface area contributed by atoms with E-state index in [0.717, 1.165) is 0 Å². The quantitative estimate of drug-likeness (QED) is 0.597. The van der Waals surface area contributed by atoms with E-state index in [1.807, 2.05) is 0 Å². The van der Waals surface area contributed by atoms with Crippen LogP contribution in [0.3, 0.4) is 0 Å². The number of nitrogens with one attached hydrogen (secondary N) is 1. The topological polar surface area (TPSA) is 119 Å². The Kier molecular flexibility index (Phi) is 5.01. The number of carbonyl (C=O) groups is 2. The Morgan fingerprint density at radius 1 is 1.50 bits per heavy atom. The normalized spacial score (nSPS) is 11.5. The Morgan fingerprint density at radius 2 is 2.15 bits per heavy atom. The van der Waals surface area contributed by atoms with Crippen molar-refractivity contribution < 1.29 is 24.4 Å². The first kappa shape index (κ1) is 15.4. The van der Waals surface area contributed by atoms with Gasteiger partial charge in [-0.2, -0.15) is 0 Å². The van der Waals surface area contributed by atoms with Crippen molar-refractivity contribution in [2.75, 3.05) is 6.61 Å². The van der Waals surface area contributed by atoms with Crippen LogP contribution < -0.4 is 10.1 Å². The number of aliphatic carboxylic acids is 1. The summed E-state index contributed by atoms with van der Waals surface area (Å²) in [5.41, 5.74) is -0.420. The number of rotatable bonds is 6. The van der Waals surface area contributed by atoms with Crippen LogP contribution in [0.5, 0.6) is 5.75 Å². The molecular formula is C12H14N2O6. The number of amides is 1. The Morgan fingerprint density at radius 3 is 2.65 bits per heavy atom. The molecule has 1 aromatic rings. The fraction of sp³-hybridized carbons (Fsp3) is 0.333. The van der Waals surface area contributed by atoms with Crippen molar-refractivity contribution in [1.29, 1.82) is 0 Å². The molecule has 20 heavy (non-hydrogen) atoms. The van der Waals surface area contributed by atoms with Crippen LogP contribution in [0.1, 0.15) is 24.2 Å². The molecule has 8 heteroatoms. The largest absolute Gasteiger partial charge is 0.487 e. The van der Waals surface area contributed by atoms with E-state index in [9.17, 15) is 19.7 Å². The molecule has 1 rings (SSSR count). The average Bonchev–Trinajstić information content (AvgIpc) is 2.38. The predicted octanol–water partition coefficient (Wildman–Crippen LogP) is 1.20. The molecule has 0 aliphatic rings. The van der Waals surface area contributed by atoms with Crippen LogP contribution in [-0.2, 0) is 4.79 Å². The van der Waals surface area contributed by atoms with Crippen LogP contribution in [0, 0.1) is 10.1 Å². The van der Waals surface area contributed by atoms with E-state index in [2.05, 4.69) is 5.32 Å². The van der Waals surface area contributed by atoms with Crippen molar-refractivity contribution in [3.63, 3.8) is 0 Å². The molecule has 0 spiro atoms. The summed E-state index contributed by atoms with van der Waals surface area (Å²) >= 11 is 0. The highest BCUT2D eigenvalue weighted by molar-refractivity contribution is 6.00. The van der Waals surface area contributed by atoms with Crippen LogP contribution >= 0.6 is 0 Å². The maximum absolute atomic E-state index is 12.0. The molecule has 108 valence electrons. The van der Waals surface area contributed by atoms with Crippen LogP contribution in [0.2, 0.25) is 0 Å². The maximum Gasteiger partial charge on any atom is 0.325 e. The minimum atomic E-state index is -1.21. The number of nitrogens with zero attached hydrogens (tertiary/aromatic N) is 1. The number of benzene rings is 1. The van der Waals surface area contributed by atoms with E-state index < -0.39 is 22.8 Å². The number of carboxylic acid groups (broad SMARTS) is 1. The second-order valence-electron chi connectivity index (χ2n) is 3.88. The second-order valence-corrected chi connectivity index (χ2v) is 3.88. The monoisotopic (exact) mass is 282 g/mol. The van der Waals surface area contributed by atoms with Gasteiger partial charge in [-0.1, -0.05) is 6.07 Å². The van der Waals surface area contributed by atoms with Crippen LogP contribution in [0.25, 0.3) is 0 Å². The number of carbonyl (C=O) groups excluding carboxylic acids is 1. The summed E-state index contributed by atoms with van der Waals surface area (Å²) < 4.78 is 5.14. The molecule has 2 N–H and O–H groups in total. The van der Waals surface area contributed by atoms with Gasteiger partial charge in [-0.05, 0) is 19.9 Å². The number of carboxylic acids is 1. The van der Waals surface area contributed by atoms with Crippen LogP contribution in [0.4, 0.5) is 5.69 Å². The molecule has 1 unspecified atom stereocenters. The smallest absolute Gasteiger partial charge is 0.325 e. The fourth-order valence-electron chi connectivity index (χ4n) is 1.48. The molecule has 0 heterocycles. The molecule has 1 aromatic carbocycles.